The normalized spacial score (nSPS) is 20.1. The van der Waals surface area contributed by atoms with Gasteiger partial charge in [0.25, 0.3) is 5.91 Å². The lowest BCUT2D eigenvalue weighted by atomic mass is 10.0. The van der Waals surface area contributed by atoms with Crippen LogP contribution in [0.5, 0.6) is 0 Å². The molecule has 13 heteroatoms. The molecule has 1 aliphatic rings. The van der Waals surface area contributed by atoms with Crippen LogP contribution in [0.3, 0.4) is 0 Å². The Balaban J connectivity index is 1.53. The second-order valence-electron chi connectivity index (χ2n) is 13.2. The van der Waals surface area contributed by atoms with Crippen LogP contribution in [0.25, 0.3) is 0 Å². The molecule has 4 heterocycles. The summed E-state index contributed by atoms with van der Waals surface area (Å²) in [5.74, 6) is 0.559. The van der Waals surface area contributed by atoms with Crippen LogP contribution in [-0.2, 0) is 29.1 Å². The molecule has 1 aromatic carbocycles. The molecule has 3 aromatic heterocycles. The zero-order chi connectivity index (χ0) is 34.2. The molecule has 12 nitrogen and oxygen atoms in total. The summed E-state index contributed by atoms with van der Waals surface area (Å²) in [6.45, 7) is 11.0. The maximum atomic E-state index is 13.7. The van der Waals surface area contributed by atoms with Crippen LogP contribution < -0.4 is 16.0 Å². The van der Waals surface area contributed by atoms with Gasteiger partial charge in [0.1, 0.15) is 23.1 Å². The molecule has 0 aliphatic carbocycles. The van der Waals surface area contributed by atoms with Gasteiger partial charge in [0.2, 0.25) is 11.8 Å². The zero-order valence-electron chi connectivity index (χ0n) is 28.2. The van der Waals surface area contributed by atoms with Crippen LogP contribution in [0.1, 0.15) is 84.5 Å². The lowest BCUT2D eigenvalue weighted by Gasteiger charge is -2.31. The summed E-state index contributed by atoms with van der Waals surface area (Å²) in [4.78, 5) is 56.8. The molecule has 1 aliphatic heterocycles. The Morgan fingerprint density at radius 1 is 0.896 bits per heavy atom. The second kappa shape index (κ2) is 16.1. The summed E-state index contributed by atoms with van der Waals surface area (Å²) < 4.78 is 1.57. The van der Waals surface area contributed by atoms with Crippen molar-refractivity contribution < 1.29 is 14.4 Å². The molecule has 2 bridgehead atoms. The number of fused-ring (bicyclic) bond motifs is 3. The van der Waals surface area contributed by atoms with Crippen LogP contribution >= 0.6 is 11.3 Å². The Labute approximate surface area is 285 Å². The molecule has 4 aromatic rings. The van der Waals surface area contributed by atoms with E-state index in [4.69, 9.17) is 9.97 Å². The highest BCUT2D eigenvalue weighted by Crippen LogP contribution is 2.26. The molecule has 3 atom stereocenters. The summed E-state index contributed by atoms with van der Waals surface area (Å²) in [6, 6.07) is 12.4. The van der Waals surface area contributed by atoms with Gasteiger partial charge < -0.3 is 16.0 Å². The van der Waals surface area contributed by atoms with Crippen molar-refractivity contribution in [3.63, 3.8) is 0 Å². The van der Waals surface area contributed by atoms with Crippen LogP contribution in [-0.4, -0.2) is 66.5 Å². The number of nitrogens with one attached hydrogen (secondary N) is 3. The first-order valence-electron chi connectivity index (χ1n) is 16.5. The van der Waals surface area contributed by atoms with Crippen molar-refractivity contribution in [2.24, 2.45) is 11.8 Å². The molecular weight excluding hydrogens is 627 g/mol. The van der Waals surface area contributed by atoms with Gasteiger partial charge >= 0.3 is 0 Å². The Kier molecular flexibility index (Phi) is 11.7. The largest absolute Gasteiger partial charge is 0.350 e. The molecule has 0 saturated heterocycles. The summed E-state index contributed by atoms with van der Waals surface area (Å²) in [5, 5.41) is 16.5. The van der Waals surface area contributed by atoms with Gasteiger partial charge in [-0.2, -0.15) is 5.10 Å². The molecule has 3 amide bonds. The first-order valence-corrected chi connectivity index (χ1v) is 17.3. The molecule has 0 radical (unpaired) electrons. The number of aryl methyl sites for hydroxylation is 1. The molecule has 5 rings (SSSR count). The number of hydrogen-bond donors (Lipinski definition) is 3. The molecule has 0 unspecified atom stereocenters. The van der Waals surface area contributed by atoms with Gasteiger partial charge in [0.15, 0.2) is 5.82 Å². The van der Waals surface area contributed by atoms with Gasteiger partial charge in [-0.25, -0.2) is 14.6 Å². The monoisotopic (exact) mass is 671 g/mol. The SMILES string of the molecule is Cc1nc2n(n1)CC(=O)N[C@@H](C(C)C)CN(Cc1cccnc1)CC(=O)N[C@@H](CC(C)C)c1nc(cs1)C(=O)N[C@H]2Cc1ccccc1. The van der Waals surface area contributed by atoms with Crippen molar-refractivity contribution in [2.75, 3.05) is 13.1 Å². The topological polar surface area (TPSA) is 147 Å². The Hall–Kier alpha value is -4.49. The molecular formula is C35H45N9O3S. The summed E-state index contributed by atoms with van der Waals surface area (Å²) in [7, 11) is 0. The predicted molar refractivity (Wildman–Crippen MR) is 184 cm³/mol. The fraction of sp³-hybridized carbons (Fsp3) is 0.457. The third-order valence-electron chi connectivity index (χ3n) is 8.20. The lowest BCUT2D eigenvalue weighted by molar-refractivity contribution is -0.123. The summed E-state index contributed by atoms with van der Waals surface area (Å²) in [6.07, 6.45) is 4.60. The van der Waals surface area contributed by atoms with Crippen LogP contribution in [0.15, 0.2) is 60.2 Å². The third kappa shape index (κ3) is 9.54. The van der Waals surface area contributed by atoms with Crippen LogP contribution in [0.4, 0.5) is 0 Å². The van der Waals surface area contributed by atoms with Gasteiger partial charge in [0, 0.05) is 36.9 Å². The minimum atomic E-state index is -0.583. The van der Waals surface area contributed by atoms with E-state index in [1.54, 1.807) is 29.4 Å². The van der Waals surface area contributed by atoms with E-state index in [9.17, 15) is 14.4 Å². The standard InChI is InChI=1S/C35H45N9O3S/c1-22(2)14-28-35-41-30(21-48-35)34(47)40-27(15-25-10-7-6-8-11-25)33-37-24(5)42-44(33)20-32(46)39-29(23(3)4)18-43(19-31(45)38-28)17-26-12-9-13-36-16-26/h6-13,16,21-23,27-29H,14-15,17-20H2,1-5H3,(H,38,45)(H,39,46)(H,40,47)/t27-,28-,29+/m0/s1. The quantitative estimate of drug-likeness (QED) is 0.267. The third-order valence-corrected chi connectivity index (χ3v) is 9.15. The van der Waals surface area contributed by atoms with Gasteiger partial charge in [-0.15, -0.1) is 11.3 Å². The molecule has 3 N–H and O–H groups in total. The second-order valence-corrected chi connectivity index (χ2v) is 14.0. The van der Waals surface area contributed by atoms with Crippen LogP contribution in [0, 0.1) is 18.8 Å². The average molecular weight is 672 g/mol. The number of benzene rings is 1. The zero-order valence-corrected chi connectivity index (χ0v) is 29.0. The van der Waals surface area contributed by atoms with E-state index < -0.39 is 6.04 Å². The number of carbonyl (C=O) groups is 3. The van der Waals surface area contributed by atoms with Gasteiger partial charge in [-0.05, 0) is 48.8 Å². The predicted octanol–water partition coefficient (Wildman–Crippen LogP) is 4.01. The Bertz CT molecular complexity index is 1670. The minimum absolute atomic E-state index is 0.0727. The van der Waals surface area contributed by atoms with Crippen molar-refractivity contribution in [1.82, 2.24) is 45.6 Å². The van der Waals surface area contributed by atoms with Crippen molar-refractivity contribution in [3.05, 3.63) is 93.7 Å². The first-order chi connectivity index (χ1) is 23.0. The van der Waals surface area contributed by atoms with Crippen molar-refractivity contribution in [2.45, 2.75) is 78.7 Å². The Morgan fingerprint density at radius 3 is 2.35 bits per heavy atom. The molecule has 254 valence electrons. The Morgan fingerprint density at radius 2 is 1.65 bits per heavy atom. The number of amides is 3. The number of hydrogen-bond acceptors (Lipinski definition) is 9. The van der Waals surface area contributed by atoms with Crippen molar-refractivity contribution >= 4 is 29.1 Å². The minimum Gasteiger partial charge on any atom is -0.350 e. The number of carbonyl (C=O) groups excluding carboxylic acids is 3. The molecule has 48 heavy (non-hydrogen) atoms. The smallest absolute Gasteiger partial charge is 0.271 e. The van der Waals surface area contributed by atoms with Gasteiger partial charge in [-0.3, -0.25) is 24.3 Å². The highest BCUT2D eigenvalue weighted by molar-refractivity contribution is 7.09. The number of thiazole rings is 1. The van der Waals surface area contributed by atoms with Gasteiger partial charge in [-0.1, -0.05) is 64.1 Å². The fourth-order valence-electron chi connectivity index (χ4n) is 5.85. The number of pyridine rings is 1. The van der Waals surface area contributed by atoms with E-state index in [1.807, 2.05) is 47.4 Å². The van der Waals surface area contributed by atoms with E-state index in [-0.39, 0.29) is 60.4 Å². The highest BCUT2D eigenvalue weighted by atomic mass is 32.1. The van der Waals surface area contributed by atoms with E-state index in [0.29, 0.717) is 42.6 Å². The lowest BCUT2D eigenvalue weighted by Crippen LogP contribution is -2.50. The summed E-state index contributed by atoms with van der Waals surface area (Å²) in [5.41, 5.74) is 2.22. The highest BCUT2D eigenvalue weighted by Gasteiger charge is 2.29. The summed E-state index contributed by atoms with van der Waals surface area (Å²) >= 11 is 1.36. The van der Waals surface area contributed by atoms with Gasteiger partial charge in [0.05, 0.1) is 18.6 Å². The number of nitrogens with zero attached hydrogens (tertiary/aromatic N) is 6. The maximum Gasteiger partial charge on any atom is 0.271 e. The maximum absolute atomic E-state index is 13.7. The van der Waals surface area contributed by atoms with Crippen molar-refractivity contribution in [1.29, 1.82) is 0 Å². The molecule has 0 fully saturated rings. The number of aromatic nitrogens is 5. The van der Waals surface area contributed by atoms with E-state index >= 15 is 0 Å². The average Bonchev–Trinajstić information content (AvgIpc) is 3.67. The van der Waals surface area contributed by atoms with E-state index in [1.165, 1.54) is 11.3 Å². The molecule has 0 saturated carbocycles. The molecule has 0 spiro atoms. The van der Waals surface area contributed by atoms with E-state index in [2.05, 4.69) is 53.7 Å². The van der Waals surface area contributed by atoms with Crippen molar-refractivity contribution in [3.8, 4) is 0 Å². The number of rotatable bonds is 7. The fourth-order valence-corrected chi connectivity index (χ4v) is 6.71. The van der Waals surface area contributed by atoms with E-state index in [0.717, 1.165) is 11.1 Å². The first kappa shape index (κ1) is 34.8. The van der Waals surface area contributed by atoms with Crippen LogP contribution in [0.2, 0.25) is 0 Å².